The van der Waals surface area contributed by atoms with Gasteiger partial charge in [0, 0.05) is 6.54 Å². The Morgan fingerprint density at radius 2 is 1.76 bits per heavy atom. The lowest BCUT2D eigenvalue weighted by molar-refractivity contribution is -0.141. The molecule has 116 valence electrons. The Kier molecular flexibility index (Phi) is 7.29. The summed E-state index contributed by atoms with van der Waals surface area (Å²) >= 11 is 0. The van der Waals surface area contributed by atoms with E-state index >= 15 is 0 Å². The van der Waals surface area contributed by atoms with Gasteiger partial charge in [0.05, 0.1) is 7.11 Å². The summed E-state index contributed by atoms with van der Waals surface area (Å²) in [7, 11) is 1.31. The lowest BCUT2D eigenvalue weighted by atomic mass is 10.0. The van der Waals surface area contributed by atoms with Gasteiger partial charge in [0.2, 0.25) is 0 Å². The first-order chi connectivity index (χ1) is 10.1. The zero-order valence-electron chi connectivity index (χ0n) is 12.9. The van der Waals surface area contributed by atoms with Crippen molar-refractivity contribution in [2.45, 2.75) is 26.7 Å². The van der Waals surface area contributed by atoms with E-state index in [9.17, 15) is 9.59 Å². The van der Waals surface area contributed by atoms with Crippen molar-refractivity contribution in [1.82, 2.24) is 4.90 Å². The lowest BCUT2D eigenvalue weighted by Gasteiger charge is -2.24. The standard InChI is InChI=1S/C16H23NO4/c1-4-13(5-2)11-17(12-15(18)20-3)16(19)21-14-9-7-6-8-10-14/h6-10,13H,4-5,11-12H2,1-3H3. The Labute approximate surface area is 125 Å². The molecule has 0 heterocycles. The lowest BCUT2D eigenvalue weighted by Crippen LogP contribution is -2.41. The number of esters is 1. The van der Waals surface area contributed by atoms with Crippen molar-refractivity contribution >= 4 is 12.1 Å². The average molecular weight is 293 g/mol. The van der Waals surface area contributed by atoms with Crippen LogP contribution in [0.1, 0.15) is 26.7 Å². The fourth-order valence-corrected chi connectivity index (χ4v) is 1.94. The third-order valence-electron chi connectivity index (χ3n) is 3.39. The molecule has 0 aliphatic carbocycles. The second-order valence-electron chi connectivity index (χ2n) is 4.82. The number of carbonyl (C=O) groups is 2. The third kappa shape index (κ3) is 5.85. The Morgan fingerprint density at radius 3 is 2.29 bits per heavy atom. The minimum atomic E-state index is -0.529. The summed E-state index contributed by atoms with van der Waals surface area (Å²) < 4.78 is 9.93. The highest BCUT2D eigenvalue weighted by Gasteiger charge is 2.22. The Morgan fingerprint density at radius 1 is 1.14 bits per heavy atom. The summed E-state index contributed by atoms with van der Waals surface area (Å²) in [5.41, 5.74) is 0. The number of hydrogen-bond donors (Lipinski definition) is 0. The van der Waals surface area contributed by atoms with Crippen LogP contribution in [-0.2, 0) is 9.53 Å². The number of methoxy groups -OCH3 is 1. The summed E-state index contributed by atoms with van der Waals surface area (Å²) in [5.74, 6) is 0.339. The smallest absolute Gasteiger partial charge is 0.415 e. The maximum absolute atomic E-state index is 12.2. The Balaban J connectivity index is 2.74. The number of rotatable bonds is 7. The van der Waals surface area contributed by atoms with Gasteiger partial charge >= 0.3 is 12.1 Å². The van der Waals surface area contributed by atoms with Crippen LogP contribution in [0.5, 0.6) is 5.75 Å². The fourth-order valence-electron chi connectivity index (χ4n) is 1.94. The van der Waals surface area contributed by atoms with Gasteiger partial charge in [-0.15, -0.1) is 0 Å². The molecule has 1 amide bonds. The molecule has 0 aromatic heterocycles. The molecule has 5 heteroatoms. The van der Waals surface area contributed by atoms with E-state index in [-0.39, 0.29) is 6.54 Å². The molecule has 0 spiro atoms. The summed E-state index contributed by atoms with van der Waals surface area (Å²) in [6.45, 7) is 4.51. The van der Waals surface area contributed by atoms with Gasteiger partial charge in [-0.25, -0.2) is 4.79 Å². The number of hydrogen-bond acceptors (Lipinski definition) is 4. The Hall–Kier alpha value is -2.04. The normalized spacial score (nSPS) is 10.3. The van der Waals surface area contributed by atoms with E-state index in [1.54, 1.807) is 24.3 Å². The molecule has 0 fully saturated rings. The van der Waals surface area contributed by atoms with E-state index in [1.807, 2.05) is 6.07 Å². The van der Waals surface area contributed by atoms with E-state index in [2.05, 4.69) is 18.6 Å². The van der Waals surface area contributed by atoms with Crippen molar-refractivity contribution in [2.24, 2.45) is 5.92 Å². The van der Waals surface area contributed by atoms with Crippen LogP contribution in [0.4, 0.5) is 4.79 Å². The predicted molar refractivity (Wildman–Crippen MR) is 80.1 cm³/mol. The van der Waals surface area contributed by atoms with Gasteiger partial charge in [-0.3, -0.25) is 9.69 Å². The van der Waals surface area contributed by atoms with E-state index in [0.717, 1.165) is 12.8 Å². The maximum Gasteiger partial charge on any atom is 0.415 e. The number of para-hydroxylation sites is 1. The summed E-state index contributed by atoms with van der Waals surface area (Å²) in [4.78, 5) is 25.1. The molecular formula is C16H23NO4. The quantitative estimate of drug-likeness (QED) is 0.725. The predicted octanol–water partition coefficient (Wildman–Crippen LogP) is 3.10. The monoisotopic (exact) mass is 293 g/mol. The number of nitrogens with zero attached hydrogens (tertiary/aromatic N) is 1. The molecule has 1 rings (SSSR count). The van der Waals surface area contributed by atoms with Crippen LogP contribution in [0.15, 0.2) is 30.3 Å². The van der Waals surface area contributed by atoms with Gasteiger partial charge in [-0.1, -0.05) is 44.9 Å². The van der Waals surface area contributed by atoms with E-state index in [0.29, 0.717) is 18.2 Å². The van der Waals surface area contributed by atoms with Crippen molar-refractivity contribution < 1.29 is 19.1 Å². The molecule has 0 aliphatic heterocycles. The van der Waals surface area contributed by atoms with Crippen LogP contribution in [0.2, 0.25) is 0 Å². The first kappa shape index (κ1) is 17.0. The highest BCUT2D eigenvalue weighted by Crippen LogP contribution is 2.14. The molecule has 0 saturated heterocycles. The van der Waals surface area contributed by atoms with Gasteiger partial charge < -0.3 is 9.47 Å². The molecule has 0 radical (unpaired) electrons. The SMILES string of the molecule is CCC(CC)CN(CC(=O)OC)C(=O)Oc1ccccc1. The molecule has 0 saturated carbocycles. The molecule has 0 bridgehead atoms. The van der Waals surface area contributed by atoms with E-state index in [1.165, 1.54) is 12.0 Å². The topological polar surface area (TPSA) is 55.8 Å². The van der Waals surface area contributed by atoms with Gasteiger partial charge in [0.15, 0.2) is 0 Å². The van der Waals surface area contributed by atoms with Gasteiger partial charge in [-0.2, -0.15) is 0 Å². The van der Waals surface area contributed by atoms with Gasteiger partial charge in [0.1, 0.15) is 12.3 Å². The van der Waals surface area contributed by atoms with Crippen molar-refractivity contribution in [3.05, 3.63) is 30.3 Å². The molecule has 1 aromatic carbocycles. The number of ether oxygens (including phenoxy) is 2. The number of carbonyl (C=O) groups excluding carboxylic acids is 2. The molecule has 0 unspecified atom stereocenters. The third-order valence-corrected chi connectivity index (χ3v) is 3.39. The molecule has 0 N–H and O–H groups in total. The summed E-state index contributed by atoms with van der Waals surface area (Å²) in [6.07, 6.45) is 1.35. The zero-order chi connectivity index (χ0) is 15.7. The van der Waals surface area contributed by atoms with Crippen molar-refractivity contribution in [1.29, 1.82) is 0 Å². The van der Waals surface area contributed by atoms with Crippen LogP contribution in [-0.4, -0.2) is 37.2 Å². The van der Waals surface area contributed by atoms with Crippen molar-refractivity contribution in [3.8, 4) is 5.75 Å². The molecule has 0 atom stereocenters. The molecular weight excluding hydrogens is 270 g/mol. The summed E-state index contributed by atoms with van der Waals surface area (Å²) in [6, 6.07) is 8.81. The minimum absolute atomic E-state index is 0.0985. The van der Waals surface area contributed by atoms with Gasteiger partial charge in [0.25, 0.3) is 0 Å². The first-order valence-electron chi connectivity index (χ1n) is 7.19. The fraction of sp³-hybridized carbons (Fsp3) is 0.500. The van der Waals surface area contributed by atoms with E-state index < -0.39 is 12.1 Å². The van der Waals surface area contributed by atoms with Crippen LogP contribution in [0.25, 0.3) is 0 Å². The largest absolute Gasteiger partial charge is 0.468 e. The number of benzene rings is 1. The molecule has 1 aromatic rings. The van der Waals surface area contributed by atoms with E-state index in [4.69, 9.17) is 4.74 Å². The number of amides is 1. The highest BCUT2D eigenvalue weighted by atomic mass is 16.6. The first-order valence-corrected chi connectivity index (χ1v) is 7.19. The maximum atomic E-state index is 12.2. The highest BCUT2D eigenvalue weighted by molar-refractivity contribution is 5.79. The van der Waals surface area contributed by atoms with Crippen LogP contribution >= 0.6 is 0 Å². The second-order valence-corrected chi connectivity index (χ2v) is 4.82. The zero-order valence-corrected chi connectivity index (χ0v) is 12.9. The molecule has 0 aliphatic rings. The second kappa shape index (κ2) is 9.00. The van der Waals surface area contributed by atoms with Gasteiger partial charge in [-0.05, 0) is 18.1 Å². The minimum Gasteiger partial charge on any atom is -0.468 e. The van der Waals surface area contributed by atoms with Crippen LogP contribution in [0, 0.1) is 5.92 Å². The molecule has 5 nitrogen and oxygen atoms in total. The van der Waals surface area contributed by atoms with Crippen LogP contribution in [0.3, 0.4) is 0 Å². The summed E-state index contributed by atoms with van der Waals surface area (Å²) in [5, 5.41) is 0. The van der Waals surface area contributed by atoms with Crippen LogP contribution < -0.4 is 4.74 Å². The average Bonchev–Trinajstić information content (AvgIpc) is 2.51. The molecule has 21 heavy (non-hydrogen) atoms. The Bertz CT molecular complexity index is 443. The van der Waals surface area contributed by atoms with Crippen molar-refractivity contribution in [3.63, 3.8) is 0 Å². The van der Waals surface area contributed by atoms with Crippen molar-refractivity contribution in [2.75, 3.05) is 20.2 Å².